The van der Waals surface area contributed by atoms with Crippen LogP contribution in [0.15, 0.2) is 146 Å². The van der Waals surface area contributed by atoms with Crippen LogP contribution in [-0.2, 0) is 37.8 Å². The molecule has 0 saturated carbocycles. The van der Waals surface area contributed by atoms with E-state index in [1.807, 2.05) is 0 Å². The van der Waals surface area contributed by atoms with E-state index in [9.17, 15) is 0 Å². The topological polar surface area (TPSA) is 41.4 Å². The van der Waals surface area contributed by atoms with Crippen molar-refractivity contribution in [2.45, 2.75) is 37.8 Å². The minimum atomic E-state index is -5.70. The van der Waals surface area contributed by atoms with Gasteiger partial charge in [-0.3, -0.25) is 0 Å². The molecule has 4 nitrogen and oxygen atoms in total. The molecule has 5 heterocycles. The standard InChI is InChI=1S/C52H34Br2F12N4/c53-25-27-69-45-37(29-13-5-1-6-14-29)33-21-22-34(67-33)38(30-15-7-2-8-16-30)47-43(51(61,62)63)44(52(64,65)66)48(70(47)28-26-54)40(32-19-11-4-12-20-32)36-24-23-35(68-36)39(31-17-9-3-10-18-31)46(69)42(50(58,59)60)41(45)49(55,56)57/h1-24,67-68H,25-28H2/b37-33-,38-34-,39-35-,40-36-,45-37?,46-39?,47-38?,48-40?. The van der Waals surface area contributed by atoms with Gasteiger partial charge in [-0.15, -0.1) is 0 Å². The van der Waals surface area contributed by atoms with Crippen molar-refractivity contribution < 1.29 is 52.7 Å². The van der Waals surface area contributed by atoms with Gasteiger partial charge < -0.3 is 19.1 Å². The van der Waals surface area contributed by atoms with E-state index in [4.69, 9.17) is 0 Å². The van der Waals surface area contributed by atoms with Crippen LogP contribution in [-0.4, -0.2) is 29.8 Å². The van der Waals surface area contributed by atoms with Crippen molar-refractivity contribution in [3.8, 4) is 0 Å². The third-order valence-electron chi connectivity index (χ3n) is 11.9. The first-order valence-corrected chi connectivity index (χ1v) is 23.5. The number of alkyl halides is 14. The number of halogens is 14. The van der Waals surface area contributed by atoms with Gasteiger partial charge in [0, 0.05) is 67.4 Å². The van der Waals surface area contributed by atoms with E-state index in [-0.39, 0.29) is 54.3 Å². The molecular weight excluding hydrogens is 1070 g/mol. The molecule has 0 unspecified atom stereocenters. The Morgan fingerprint density at radius 1 is 0.314 bits per heavy atom. The maximum absolute atomic E-state index is 16.2. The van der Waals surface area contributed by atoms with Crippen LogP contribution < -0.4 is 21.4 Å². The van der Waals surface area contributed by atoms with Crippen LogP contribution in [0.25, 0.3) is 22.3 Å². The van der Waals surface area contributed by atoms with E-state index in [2.05, 4.69) is 41.8 Å². The molecular formula is C52H34Br2F12N4. The normalized spacial score (nSPS) is 16.8. The highest BCUT2D eigenvalue weighted by atomic mass is 79.9. The fraction of sp³-hybridized carbons (Fsp3) is 0.154. The lowest BCUT2D eigenvalue weighted by Crippen LogP contribution is -2.24. The van der Waals surface area contributed by atoms with Crippen LogP contribution in [0.2, 0.25) is 0 Å². The third-order valence-corrected chi connectivity index (χ3v) is 12.6. The maximum atomic E-state index is 16.2. The summed E-state index contributed by atoms with van der Waals surface area (Å²) in [5.74, 6) is 0. The van der Waals surface area contributed by atoms with E-state index in [0.29, 0.717) is 0 Å². The number of benzene rings is 4. The van der Waals surface area contributed by atoms with Crippen molar-refractivity contribution in [1.29, 1.82) is 0 Å². The maximum Gasteiger partial charge on any atom is 0.419 e. The van der Waals surface area contributed by atoms with Crippen LogP contribution in [0, 0.1) is 0 Å². The zero-order chi connectivity index (χ0) is 49.9. The van der Waals surface area contributed by atoms with E-state index in [1.165, 1.54) is 146 Å². The zero-order valence-electron chi connectivity index (χ0n) is 35.9. The van der Waals surface area contributed by atoms with Gasteiger partial charge in [-0.05, 0) is 46.5 Å². The monoisotopic (exact) mass is 1100 g/mol. The Bertz CT molecular complexity index is 3040. The van der Waals surface area contributed by atoms with Gasteiger partial charge in [0.15, 0.2) is 0 Å². The van der Waals surface area contributed by atoms with Gasteiger partial charge in [-0.1, -0.05) is 153 Å². The minimum Gasteiger partial charge on any atom is -0.354 e. The Labute approximate surface area is 406 Å². The van der Waals surface area contributed by atoms with Crippen molar-refractivity contribution in [3.63, 3.8) is 0 Å². The molecule has 0 aliphatic carbocycles. The Balaban J connectivity index is 1.72. The number of aromatic nitrogens is 4. The molecule has 0 atom stereocenters. The van der Waals surface area contributed by atoms with Crippen molar-refractivity contribution >= 4 is 54.2 Å². The minimum absolute atomic E-state index is 0.0248. The molecule has 0 fully saturated rings. The quantitative estimate of drug-likeness (QED) is 0.112. The number of nitrogens with zero attached hydrogens (tertiary/aromatic N) is 2. The SMILES string of the molecule is FC(F)(F)c1c(C(F)(F)F)c2n(CCBr)c1/C(c1ccccc1)=c1/cc/c([nH]1)=C(\c1ccccc1)c1c(C(F)(F)F)c(C(F)(F)F)c(n1CCBr)/C(c1ccccc1)=c1/cc/c([nH]1)=C/2c1ccccc1. The molecule has 8 bridgehead atoms. The molecule has 9 rings (SSSR count). The lowest BCUT2D eigenvalue weighted by Gasteiger charge is -2.19. The van der Waals surface area contributed by atoms with Gasteiger partial charge in [0.1, 0.15) is 0 Å². The Hall–Kier alpha value is -6.40. The number of fused-ring (bicyclic) bond motifs is 8. The molecule has 18 heteroatoms. The molecule has 360 valence electrons. The second-order valence-corrected chi connectivity index (χ2v) is 17.7. The van der Waals surface area contributed by atoms with Gasteiger partial charge in [0.25, 0.3) is 0 Å². The highest BCUT2D eigenvalue weighted by molar-refractivity contribution is 9.09. The summed E-state index contributed by atoms with van der Waals surface area (Å²) in [6.07, 6.45) is -22.8. The average molecular weight is 1100 g/mol. The zero-order valence-corrected chi connectivity index (χ0v) is 39.0. The second kappa shape index (κ2) is 18.4. The number of aromatic amines is 2. The van der Waals surface area contributed by atoms with Crippen molar-refractivity contribution in [1.82, 2.24) is 19.1 Å². The lowest BCUT2D eigenvalue weighted by molar-refractivity contribution is -0.161. The first-order valence-electron chi connectivity index (χ1n) is 21.3. The average Bonchev–Trinajstić information content (AvgIpc) is 4.12. The Morgan fingerprint density at radius 3 is 0.686 bits per heavy atom. The largest absolute Gasteiger partial charge is 0.419 e. The van der Waals surface area contributed by atoms with E-state index >= 15 is 52.7 Å². The number of nitrogens with one attached hydrogen (secondary N) is 2. The lowest BCUT2D eigenvalue weighted by atomic mass is 9.94. The Morgan fingerprint density at radius 2 is 0.514 bits per heavy atom. The molecule has 0 spiro atoms. The van der Waals surface area contributed by atoms with Gasteiger partial charge in [0.05, 0.1) is 45.0 Å². The highest BCUT2D eigenvalue weighted by Crippen LogP contribution is 2.52. The summed E-state index contributed by atoms with van der Waals surface area (Å²) in [7, 11) is 0. The molecule has 1 aliphatic heterocycles. The van der Waals surface area contributed by atoms with Crippen LogP contribution in [0.5, 0.6) is 0 Å². The summed E-state index contributed by atoms with van der Waals surface area (Å²) in [5.41, 5.74) is -13.7. The third kappa shape index (κ3) is 8.66. The first-order chi connectivity index (χ1) is 33.3. The van der Waals surface area contributed by atoms with Gasteiger partial charge >= 0.3 is 24.7 Å². The summed E-state index contributed by atoms with van der Waals surface area (Å²) in [6, 6.07) is 33.6. The predicted molar refractivity (Wildman–Crippen MR) is 249 cm³/mol. The summed E-state index contributed by atoms with van der Waals surface area (Å²) in [6.45, 7) is -0.989. The van der Waals surface area contributed by atoms with Crippen LogP contribution in [0.1, 0.15) is 67.3 Å². The number of hydrogen-bond donors (Lipinski definition) is 2. The molecule has 0 amide bonds. The number of hydrogen-bond acceptors (Lipinski definition) is 0. The highest BCUT2D eigenvalue weighted by Gasteiger charge is 2.53. The second-order valence-electron chi connectivity index (χ2n) is 16.1. The number of rotatable bonds is 8. The van der Waals surface area contributed by atoms with Gasteiger partial charge in [0.2, 0.25) is 0 Å². The molecule has 0 saturated heterocycles. The summed E-state index contributed by atoms with van der Waals surface area (Å²) < 4.78 is 196. The van der Waals surface area contributed by atoms with Crippen LogP contribution >= 0.6 is 31.9 Å². The van der Waals surface area contributed by atoms with Crippen molar-refractivity contribution in [3.05, 3.63) is 234 Å². The summed E-state index contributed by atoms with van der Waals surface area (Å²) in [5, 5.41) is -1.49. The van der Waals surface area contributed by atoms with Crippen molar-refractivity contribution in [2.75, 3.05) is 10.7 Å². The summed E-state index contributed by atoms with van der Waals surface area (Å²) >= 11 is 6.57. The Kier molecular flexibility index (Phi) is 12.8. The van der Waals surface area contributed by atoms with E-state index in [1.54, 1.807) is 0 Å². The van der Waals surface area contributed by atoms with E-state index < -0.39 is 105 Å². The van der Waals surface area contributed by atoms with E-state index in [0.717, 1.165) is 9.13 Å². The smallest absolute Gasteiger partial charge is 0.354 e. The fourth-order valence-corrected chi connectivity index (χ4v) is 10.2. The molecule has 8 aromatic rings. The first kappa shape index (κ1) is 48.6. The molecule has 2 N–H and O–H groups in total. The predicted octanol–water partition coefficient (Wildman–Crippen LogP) is 12.1. The molecule has 4 aromatic carbocycles. The number of H-pyrrole nitrogens is 2. The van der Waals surface area contributed by atoms with Crippen LogP contribution in [0.4, 0.5) is 52.7 Å². The van der Waals surface area contributed by atoms with Crippen LogP contribution in [0.3, 0.4) is 0 Å². The fourth-order valence-electron chi connectivity index (χ4n) is 9.47. The summed E-state index contributed by atoms with van der Waals surface area (Å²) in [4.78, 5) is 5.90. The van der Waals surface area contributed by atoms with Gasteiger partial charge in [-0.2, -0.15) is 52.7 Å². The van der Waals surface area contributed by atoms with Crippen molar-refractivity contribution in [2.24, 2.45) is 0 Å². The molecule has 0 radical (unpaired) electrons. The van der Waals surface area contributed by atoms with Gasteiger partial charge in [-0.25, -0.2) is 0 Å². The molecule has 70 heavy (non-hydrogen) atoms. The molecule has 4 aromatic heterocycles. The molecule has 1 aliphatic rings.